The third-order valence-corrected chi connectivity index (χ3v) is 4.33. The van der Waals surface area contributed by atoms with E-state index in [-0.39, 0.29) is 12.5 Å². The van der Waals surface area contributed by atoms with Gasteiger partial charge in [-0.05, 0) is 35.8 Å². The predicted molar refractivity (Wildman–Crippen MR) is 112 cm³/mol. The van der Waals surface area contributed by atoms with Crippen molar-refractivity contribution in [3.63, 3.8) is 0 Å². The van der Waals surface area contributed by atoms with Gasteiger partial charge in [0.1, 0.15) is 5.76 Å². The average Bonchev–Trinajstić information content (AvgIpc) is 3.14. The number of ether oxygens (including phenoxy) is 2. The summed E-state index contributed by atoms with van der Waals surface area (Å²) in [4.78, 5) is 24.0. The molecule has 0 atom stereocenters. The Morgan fingerprint density at radius 2 is 1.93 bits per heavy atom. The number of fused-ring (bicyclic) bond motifs is 1. The zero-order chi connectivity index (χ0) is 20.8. The molecule has 0 fully saturated rings. The quantitative estimate of drug-likeness (QED) is 0.463. The fourth-order valence-corrected chi connectivity index (χ4v) is 2.93. The molecule has 3 rings (SSSR count). The Morgan fingerprint density at radius 1 is 1.14 bits per heavy atom. The van der Waals surface area contributed by atoms with Gasteiger partial charge in [-0.3, -0.25) is 4.79 Å². The number of methoxy groups -OCH3 is 1. The molecule has 0 radical (unpaired) electrons. The lowest BCUT2D eigenvalue weighted by Crippen LogP contribution is -2.21. The topological polar surface area (TPSA) is 77.8 Å². The molecule has 6 heteroatoms. The van der Waals surface area contributed by atoms with E-state index in [4.69, 9.17) is 13.9 Å². The highest BCUT2D eigenvalue weighted by molar-refractivity contribution is 5.95. The molecule has 2 aromatic carbocycles. The molecule has 0 unspecified atom stereocenters. The van der Waals surface area contributed by atoms with Crippen molar-refractivity contribution in [1.29, 1.82) is 0 Å². The fraction of sp³-hybridized carbons (Fsp3) is 0.217. The molecule has 0 spiro atoms. The number of amides is 1. The SMILES string of the molecule is COc1cccc2cc(C=CC(=O)OCC(=O)Nc3ccccc3C(C)C)oc12. The Kier molecular flexibility index (Phi) is 6.34. The Balaban J connectivity index is 1.57. The minimum atomic E-state index is -0.635. The van der Waals surface area contributed by atoms with E-state index in [1.54, 1.807) is 19.2 Å². The van der Waals surface area contributed by atoms with E-state index in [9.17, 15) is 9.59 Å². The molecule has 0 saturated heterocycles. The third kappa shape index (κ3) is 5.04. The number of carbonyl (C=O) groups excluding carboxylic acids is 2. The van der Waals surface area contributed by atoms with Crippen LogP contribution in [0.5, 0.6) is 5.75 Å². The fourth-order valence-electron chi connectivity index (χ4n) is 2.93. The first-order valence-corrected chi connectivity index (χ1v) is 9.28. The first-order chi connectivity index (χ1) is 14.0. The lowest BCUT2D eigenvalue weighted by molar-refractivity contribution is -0.142. The second kappa shape index (κ2) is 9.10. The number of benzene rings is 2. The van der Waals surface area contributed by atoms with Gasteiger partial charge in [-0.25, -0.2) is 4.79 Å². The van der Waals surface area contributed by atoms with Crippen molar-refractivity contribution in [3.8, 4) is 5.75 Å². The summed E-state index contributed by atoms with van der Waals surface area (Å²) in [5.41, 5.74) is 2.34. The highest BCUT2D eigenvalue weighted by atomic mass is 16.5. The number of esters is 1. The van der Waals surface area contributed by atoms with Gasteiger partial charge < -0.3 is 19.2 Å². The van der Waals surface area contributed by atoms with Gasteiger partial charge in [-0.2, -0.15) is 0 Å². The molecule has 6 nitrogen and oxygen atoms in total. The van der Waals surface area contributed by atoms with Crippen molar-refractivity contribution in [3.05, 3.63) is 65.9 Å². The van der Waals surface area contributed by atoms with Gasteiger partial charge in [0, 0.05) is 17.1 Å². The van der Waals surface area contributed by atoms with Crippen LogP contribution < -0.4 is 10.1 Å². The second-order valence-electron chi connectivity index (χ2n) is 6.76. The molecule has 150 valence electrons. The van der Waals surface area contributed by atoms with Gasteiger partial charge >= 0.3 is 5.97 Å². The molecule has 1 amide bonds. The van der Waals surface area contributed by atoms with Gasteiger partial charge in [0.25, 0.3) is 5.91 Å². The van der Waals surface area contributed by atoms with Crippen molar-refractivity contribution in [2.24, 2.45) is 0 Å². The van der Waals surface area contributed by atoms with Gasteiger partial charge in [0.15, 0.2) is 17.9 Å². The summed E-state index contributed by atoms with van der Waals surface area (Å²) >= 11 is 0. The van der Waals surface area contributed by atoms with Crippen molar-refractivity contribution < 1.29 is 23.5 Å². The van der Waals surface area contributed by atoms with Gasteiger partial charge in [0.2, 0.25) is 0 Å². The minimum absolute atomic E-state index is 0.263. The van der Waals surface area contributed by atoms with E-state index in [1.807, 2.05) is 50.2 Å². The van der Waals surface area contributed by atoms with Crippen molar-refractivity contribution in [1.82, 2.24) is 0 Å². The predicted octanol–water partition coefficient (Wildman–Crippen LogP) is 4.76. The van der Waals surface area contributed by atoms with Gasteiger partial charge in [0.05, 0.1) is 7.11 Å². The molecule has 1 heterocycles. The van der Waals surface area contributed by atoms with Crippen LogP contribution >= 0.6 is 0 Å². The largest absolute Gasteiger partial charge is 0.493 e. The zero-order valence-electron chi connectivity index (χ0n) is 16.6. The van der Waals surface area contributed by atoms with Crippen LogP contribution in [0.15, 0.2) is 59.0 Å². The number of para-hydroxylation sites is 2. The monoisotopic (exact) mass is 393 g/mol. The van der Waals surface area contributed by atoms with Crippen LogP contribution in [0.3, 0.4) is 0 Å². The Bertz CT molecular complexity index is 1050. The molecule has 0 bridgehead atoms. The molecular formula is C23H23NO5. The maximum atomic E-state index is 12.1. The smallest absolute Gasteiger partial charge is 0.331 e. The molecule has 0 aliphatic carbocycles. The summed E-state index contributed by atoms with van der Waals surface area (Å²) in [5, 5.41) is 3.64. The molecule has 29 heavy (non-hydrogen) atoms. The molecule has 1 aromatic heterocycles. The van der Waals surface area contributed by atoms with Crippen LogP contribution in [0.25, 0.3) is 17.0 Å². The highest BCUT2D eigenvalue weighted by Gasteiger charge is 2.11. The lowest BCUT2D eigenvalue weighted by atomic mass is 10.0. The van der Waals surface area contributed by atoms with Crippen LogP contribution in [0.4, 0.5) is 5.69 Å². The summed E-state index contributed by atoms with van der Waals surface area (Å²) in [6.07, 6.45) is 2.72. The van der Waals surface area contributed by atoms with Crippen LogP contribution in [0, 0.1) is 0 Å². The third-order valence-electron chi connectivity index (χ3n) is 4.33. The van der Waals surface area contributed by atoms with Crippen LogP contribution in [-0.4, -0.2) is 25.6 Å². The number of carbonyl (C=O) groups is 2. The summed E-state index contributed by atoms with van der Waals surface area (Å²) in [5.74, 6) is 0.331. The minimum Gasteiger partial charge on any atom is -0.493 e. The first-order valence-electron chi connectivity index (χ1n) is 9.28. The summed E-state index contributed by atoms with van der Waals surface area (Å²) < 4.78 is 15.9. The number of anilines is 1. The van der Waals surface area contributed by atoms with Crippen LogP contribution in [-0.2, 0) is 14.3 Å². The van der Waals surface area contributed by atoms with E-state index >= 15 is 0 Å². The number of furan rings is 1. The average molecular weight is 393 g/mol. The van der Waals surface area contributed by atoms with Crippen LogP contribution in [0.2, 0.25) is 0 Å². The Morgan fingerprint density at radius 3 is 2.69 bits per heavy atom. The number of nitrogens with one attached hydrogen (secondary N) is 1. The van der Waals surface area contributed by atoms with E-state index in [0.717, 1.165) is 16.6 Å². The first kappa shape index (κ1) is 20.2. The summed E-state index contributed by atoms with van der Waals surface area (Å²) in [7, 11) is 1.56. The van der Waals surface area contributed by atoms with E-state index in [1.165, 1.54) is 12.2 Å². The second-order valence-corrected chi connectivity index (χ2v) is 6.76. The maximum Gasteiger partial charge on any atom is 0.331 e. The number of hydrogen-bond donors (Lipinski definition) is 1. The van der Waals surface area contributed by atoms with Crippen molar-refractivity contribution in [2.45, 2.75) is 19.8 Å². The Hall–Kier alpha value is -3.54. The molecule has 0 saturated carbocycles. The van der Waals surface area contributed by atoms with Crippen molar-refractivity contribution in [2.75, 3.05) is 19.0 Å². The lowest BCUT2D eigenvalue weighted by Gasteiger charge is -2.13. The van der Waals surface area contributed by atoms with E-state index in [2.05, 4.69) is 5.32 Å². The van der Waals surface area contributed by atoms with Gasteiger partial charge in [-0.15, -0.1) is 0 Å². The highest BCUT2D eigenvalue weighted by Crippen LogP contribution is 2.29. The number of hydrogen-bond acceptors (Lipinski definition) is 5. The van der Waals surface area contributed by atoms with E-state index < -0.39 is 11.9 Å². The molecule has 0 aliphatic heterocycles. The molecule has 1 N–H and O–H groups in total. The molecule has 0 aliphatic rings. The normalized spacial score (nSPS) is 11.2. The summed E-state index contributed by atoms with van der Waals surface area (Å²) in [6, 6.07) is 14.9. The standard InChI is InChI=1S/C23H23NO5/c1-15(2)18-8-4-5-9-19(18)24-21(25)14-28-22(26)12-11-17-13-16-7-6-10-20(27-3)23(16)29-17/h4-13,15H,14H2,1-3H3,(H,24,25). The van der Waals surface area contributed by atoms with E-state index in [0.29, 0.717) is 17.1 Å². The molecule has 3 aromatic rings. The summed E-state index contributed by atoms with van der Waals surface area (Å²) in [6.45, 7) is 3.72. The van der Waals surface area contributed by atoms with Crippen LogP contribution in [0.1, 0.15) is 31.1 Å². The zero-order valence-corrected chi connectivity index (χ0v) is 16.6. The van der Waals surface area contributed by atoms with Gasteiger partial charge in [-0.1, -0.05) is 44.2 Å². The number of rotatable bonds is 7. The Labute approximate surface area is 169 Å². The maximum absolute atomic E-state index is 12.1. The molecular weight excluding hydrogens is 370 g/mol. The van der Waals surface area contributed by atoms with Crippen molar-refractivity contribution >= 4 is 34.6 Å².